The molecule has 0 radical (unpaired) electrons. The lowest BCUT2D eigenvalue weighted by Gasteiger charge is -2.11. The summed E-state index contributed by atoms with van der Waals surface area (Å²) < 4.78 is 5.71. The van der Waals surface area contributed by atoms with Crippen molar-refractivity contribution in [2.24, 2.45) is 0 Å². The predicted molar refractivity (Wildman–Crippen MR) is 64.0 cm³/mol. The van der Waals surface area contributed by atoms with Crippen molar-refractivity contribution < 1.29 is 4.65 Å². The Morgan fingerprint density at radius 1 is 1.50 bits per heavy atom. The van der Waals surface area contributed by atoms with Crippen molar-refractivity contribution >= 4 is 13.6 Å². The molecule has 1 aromatic carbocycles. The van der Waals surface area contributed by atoms with Crippen LogP contribution in [0, 0.1) is 0 Å². The Morgan fingerprint density at radius 2 is 2.21 bits per heavy atom. The molecule has 1 atom stereocenters. The first kappa shape index (κ1) is 10.9. The molecule has 0 amide bonds. The second kappa shape index (κ2) is 5.53. The molecule has 0 aliphatic heterocycles. The second-order valence-corrected chi connectivity index (χ2v) is 3.57. The van der Waals surface area contributed by atoms with E-state index in [0.29, 0.717) is 5.82 Å². The topological polar surface area (TPSA) is 9.23 Å². The smallest absolute Gasteiger partial charge is 0.342 e. The third-order valence-electron chi connectivity index (χ3n) is 2.36. The Bertz CT molecular complexity index is 296. The van der Waals surface area contributed by atoms with Gasteiger partial charge in [-0.15, -0.1) is 0 Å². The van der Waals surface area contributed by atoms with Gasteiger partial charge in [0.2, 0.25) is 0 Å². The van der Waals surface area contributed by atoms with Gasteiger partial charge in [0.25, 0.3) is 0 Å². The third-order valence-corrected chi connectivity index (χ3v) is 2.36. The molecule has 0 N–H and O–H groups in total. The zero-order valence-electron chi connectivity index (χ0n) is 8.99. The van der Waals surface area contributed by atoms with Gasteiger partial charge in [0, 0.05) is 5.56 Å². The van der Waals surface area contributed by atoms with E-state index in [4.69, 9.17) is 4.65 Å². The normalized spacial score (nSPS) is 11.9. The molecular weight excluding hydrogens is 171 g/mol. The Balaban J connectivity index is 2.61. The van der Waals surface area contributed by atoms with E-state index < -0.39 is 0 Å². The van der Waals surface area contributed by atoms with Crippen LogP contribution in [0.2, 0.25) is 5.82 Å². The molecule has 1 aromatic rings. The number of para-hydroxylation sites is 1. The van der Waals surface area contributed by atoms with E-state index >= 15 is 0 Å². The number of hydrogen-bond acceptors (Lipinski definition) is 1. The van der Waals surface area contributed by atoms with E-state index in [1.807, 2.05) is 30.3 Å². The van der Waals surface area contributed by atoms with Crippen molar-refractivity contribution in [2.75, 3.05) is 0 Å². The van der Waals surface area contributed by atoms with E-state index in [1.54, 1.807) is 0 Å². The Morgan fingerprint density at radius 3 is 2.86 bits per heavy atom. The van der Waals surface area contributed by atoms with Crippen LogP contribution in [0.1, 0.15) is 25.8 Å². The summed E-state index contributed by atoms with van der Waals surface area (Å²) >= 11 is 0. The van der Waals surface area contributed by atoms with Crippen molar-refractivity contribution in [3.05, 3.63) is 36.4 Å². The van der Waals surface area contributed by atoms with Crippen molar-refractivity contribution in [1.82, 2.24) is 0 Å². The fraction of sp³-hybridized carbons (Fsp3) is 0.333. The highest BCUT2D eigenvalue weighted by Gasteiger charge is 2.05. The SMILES string of the molecule is C=Cc1ccccc1OBC(C)CC. The van der Waals surface area contributed by atoms with Crippen LogP contribution >= 0.6 is 0 Å². The van der Waals surface area contributed by atoms with Gasteiger partial charge in [0.1, 0.15) is 5.75 Å². The minimum absolute atomic E-state index is 0.605. The van der Waals surface area contributed by atoms with Crippen LogP contribution in [0.3, 0.4) is 0 Å². The van der Waals surface area contributed by atoms with E-state index in [2.05, 4.69) is 20.4 Å². The fourth-order valence-electron chi connectivity index (χ4n) is 1.13. The summed E-state index contributed by atoms with van der Waals surface area (Å²) in [6.45, 7) is 8.12. The monoisotopic (exact) mass is 188 g/mol. The number of benzene rings is 1. The molecule has 0 heterocycles. The largest absolute Gasteiger partial charge is 0.564 e. The van der Waals surface area contributed by atoms with Gasteiger partial charge >= 0.3 is 7.48 Å². The first-order valence-electron chi connectivity index (χ1n) is 5.12. The highest BCUT2D eigenvalue weighted by Crippen LogP contribution is 2.20. The van der Waals surface area contributed by atoms with E-state index in [1.165, 1.54) is 0 Å². The molecule has 0 saturated carbocycles. The molecule has 0 aliphatic rings. The average molecular weight is 188 g/mol. The first-order chi connectivity index (χ1) is 6.77. The molecule has 0 aliphatic carbocycles. The summed E-state index contributed by atoms with van der Waals surface area (Å²) in [4.78, 5) is 0. The van der Waals surface area contributed by atoms with E-state index in [-0.39, 0.29) is 0 Å². The summed E-state index contributed by atoms with van der Waals surface area (Å²) in [6.07, 6.45) is 2.97. The summed E-state index contributed by atoms with van der Waals surface area (Å²) in [7, 11) is 0.779. The van der Waals surface area contributed by atoms with Crippen LogP contribution < -0.4 is 4.65 Å². The third kappa shape index (κ3) is 2.95. The Labute approximate surface area is 87.1 Å². The molecule has 0 saturated heterocycles. The molecule has 1 rings (SSSR count). The lowest BCUT2D eigenvalue weighted by Crippen LogP contribution is -2.08. The molecule has 0 aromatic heterocycles. The van der Waals surface area contributed by atoms with Crippen LogP contribution in [0.4, 0.5) is 0 Å². The maximum absolute atomic E-state index is 5.71. The quantitative estimate of drug-likeness (QED) is 0.644. The fourth-order valence-corrected chi connectivity index (χ4v) is 1.13. The van der Waals surface area contributed by atoms with Crippen LogP contribution in [-0.4, -0.2) is 7.48 Å². The van der Waals surface area contributed by atoms with Gasteiger partial charge in [-0.1, -0.05) is 51.1 Å². The summed E-state index contributed by atoms with van der Waals surface area (Å²) in [6, 6.07) is 7.98. The molecule has 14 heavy (non-hydrogen) atoms. The molecule has 0 spiro atoms. The summed E-state index contributed by atoms with van der Waals surface area (Å²) in [5, 5.41) is 0. The lowest BCUT2D eigenvalue weighted by molar-refractivity contribution is 0.571. The standard InChI is InChI=1S/C12H17BO/c1-4-10(3)13-14-12-9-7-6-8-11(12)5-2/h5-10,13H,2,4H2,1,3H3. The summed E-state index contributed by atoms with van der Waals surface area (Å²) in [5.41, 5.74) is 1.07. The minimum Gasteiger partial charge on any atom is -0.564 e. The molecule has 1 unspecified atom stereocenters. The average Bonchev–Trinajstić information content (AvgIpc) is 2.26. The highest BCUT2D eigenvalue weighted by molar-refractivity contribution is 6.30. The minimum atomic E-state index is 0.605. The maximum atomic E-state index is 5.71. The summed E-state index contributed by atoms with van der Waals surface area (Å²) in [5.74, 6) is 1.54. The molecule has 0 fully saturated rings. The Kier molecular flexibility index (Phi) is 4.31. The van der Waals surface area contributed by atoms with Crippen molar-refractivity contribution in [3.8, 4) is 5.75 Å². The number of rotatable bonds is 5. The van der Waals surface area contributed by atoms with Gasteiger partial charge < -0.3 is 4.65 Å². The van der Waals surface area contributed by atoms with Crippen LogP contribution in [-0.2, 0) is 0 Å². The molecule has 0 bridgehead atoms. The zero-order valence-corrected chi connectivity index (χ0v) is 8.99. The van der Waals surface area contributed by atoms with Gasteiger partial charge in [-0.2, -0.15) is 0 Å². The van der Waals surface area contributed by atoms with E-state index in [9.17, 15) is 0 Å². The van der Waals surface area contributed by atoms with Gasteiger partial charge in [0.05, 0.1) is 0 Å². The molecular formula is C12H17BO. The zero-order chi connectivity index (χ0) is 10.4. The maximum Gasteiger partial charge on any atom is 0.342 e. The Hall–Kier alpha value is -1.18. The van der Waals surface area contributed by atoms with Gasteiger partial charge in [-0.3, -0.25) is 0 Å². The van der Waals surface area contributed by atoms with Crippen LogP contribution in [0.25, 0.3) is 6.08 Å². The lowest BCUT2D eigenvalue weighted by atomic mass is 9.80. The van der Waals surface area contributed by atoms with Crippen LogP contribution in [0.15, 0.2) is 30.8 Å². The van der Waals surface area contributed by atoms with Crippen molar-refractivity contribution in [2.45, 2.75) is 26.1 Å². The van der Waals surface area contributed by atoms with Gasteiger partial charge in [-0.25, -0.2) is 0 Å². The van der Waals surface area contributed by atoms with Gasteiger partial charge in [-0.05, 0) is 11.9 Å². The molecule has 1 nitrogen and oxygen atoms in total. The molecule has 2 heteroatoms. The number of hydrogen-bond donors (Lipinski definition) is 0. The second-order valence-electron chi connectivity index (χ2n) is 3.57. The van der Waals surface area contributed by atoms with E-state index in [0.717, 1.165) is 25.2 Å². The molecule has 74 valence electrons. The first-order valence-corrected chi connectivity index (χ1v) is 5.12. The van der Waals surface area contributed by atoms with Crippen molar-refractivity contribution in [1.29, 1.82) is 0 Å². The van der Waals surface area contributed by atoms with Gasteiger partial charge in [0.15, 0.2) is 0 Å². The highest BCUT2D eigenvalue weighted by atomic mass is 16.4. The van der Waals surface area contributed by atoms with Crippen LogP contribution in [0.5, 0.6) is 5.75 Å². The van der Waals surface area contributed by atoms with Crippen molar-refractivity contribution in [3.63, 3.8) is 0 Å². The predicted octanol–water partition coefficient (Wildman–Crippen LogP) is 3.28.